The summed E-state index contributed by atoms with van der Waals surface area (Å²) in [6.45, 7) is 6.20. The van der Waals surface area contributed by atoms with E-state index in [1.165, 1.54) is 0 Å². The van der Waals surface area contributed by atoms with Crippen LogP contribution < -0.4 is 11.3 Å². The van der Waals surface area contributed by atoms with E-state index < -0.39 is 0 Å². The first-order valence-electron chi connectivity index (χ1n) is 5.13. The molecule has 15 heavy (non-hydrogen) atoms. The van der Waals surface area contributed by atoms with Crippen LogP contribution in [0.4, 0.5) is 5.82 Å². The summed E-state index contributed by atoms with van der Waals surface area (Å²) in [5.41, 5.74) is 4.76. The lowest BCUT2D eigenvalue weighted by Gasteiger charge is -2.10. The molecule has 0 fully saturated rings. The van der Waals surface area contributed by atoms with Gasteiger partial charge in [0, 0.05) is 11.3 Å². The van der Waals surface area contributed by atoms with Crippen LogP contribution in [0.3, 0.4) is 0 Å². The molecule has 0 radical (unpaired) electrons. The molecule has 0 amide bonds. The lowest BCUT2D eigenvalue weighted by molar-refractivity contribution is 0.935. The number of aromatic nitrogens is 2. The minimum Gasteiger partial charge on any atom is -0.308 e. The summed E-state index contributed by atoms with van der Waals surface area (Å²) in [5, 5.41) is 0. The van der Waals surface area contributed by atoms with E-state index in [9.17, 15) is 0 Å². The normalized spacial score (nSPS) is 10.4. The Morgan fingerprint density at radius 1 is 1.33 bits per heavy atom. The summed E-state index contributed by atoms with van der Waals surface area (Å²) in [6.07, 6.45) is 0.895. The van der Waals surface area contributed by atoms with E-state index in [-0.39, 0.29) is 0 Å². The molecule has 1 aromatic rings. The van der Waals surface area contributed by atoms with E-state index >= 15 is 0 Å². The highest BCUT2D eigenvalue weighted by molar-refractivity contribution is 7.98. The fraction of sp³-hybridized carbons (Fsp3) is 0.600. The molecule has 1 heterocycles. The van der Waals surface area contributed by atoms with Gasteiger partial charge in [0.05, 0.1) is 5.75 Å². The number of hydrogen-bond donors (Lipinski definition) is 2. The molecular weight excluding hydrogens is 208 g/mol. The molecule has 0 aliphatic rings. The van der Waals surface area contributed by atoms with Crippen LogP contribution in [0.2, 0.25) is 0 Å². The summed E-state index contributed by atoms with van der Waals surface area (Å²) in [6, 6.07) is 0. The van der Waals surface area contributed by atoms with Crippen molar-refractivity contribution in [1.29, 1.82) is 0 Å². The first-order chi connectivity index (χ1) is 7.22. The summed E-state index contributed by atoms with van der Waals surface area (Å²) in [4.78, 5) is 8.85. The number of thioether (sulfide) groups is 1. The largest absolute Gasteiger partial charge is 0.308 e. The van der Waals surface area contributed by atoms with Gasteiger partial charge in [-0.25, -0.2) is 15.8 Å². The van der Waals surface area contributed by atoms with Gasteiger partial charge in [0.25, 0.3) is 0 Å². The molecule has 1 aromatic heterocycles. The third-order valence-corrected chi connectivity index (χ3v) is 3.06. The number of anilines is 1. The van der Waals surface area contributed by atoms with E-state index in [4.69, 9.17) is 5.84 Å². The Morgan fingerprint density at radius 3 is 2.60 bits per heavy atom. The van der Waals surface area contributed by atoms with Crippen molar-refractivity contribution in [2.45, 2.75) is 32.9 Å². The van der Waals surface area contributed by atoms with Crippen molar-refractivity contribution in [3.8, 4) is 0 Å². The second-order valence-electron chi connectivity index (χ2n) is 3.19. The first kappa shape index (κ1) is 12.3. The molecule has 84 valence electrons. The number of nitrogens with two attached hydrogens (primary N) is 1. The number of hydrazine groups is 1. The lowest BCUT2D eigenvalue weighted by atomic mass is 10.2. The number of aryl methyl sites for hydroxylation is 1. The minimum absolute atomic E-state index is 0.761. The molecule has 0 atom stereocenters. The highest BCUT2D eigenvalue weighted by Crippen LogP contribution is 2.18. The topological polar surface area (TPSA) is 63.8 Å². The average Bonchev–Trinajstić information content (AvgIpc) is 2.25. The fourth-order valence-electron chi connectivity index (χ4n) is 1.45. The van der Waals surface area contributed by atoms with Crippen LogP contribution in [-0.4, -0.2) is 15.7 Å². The molecule has 0 saturated heterocycles. The highest BCUT2D eigenvalue weighted by atomic mass is 32.2. The number of rotatable bonds is 5. The van der Waals surface area contributed by atoms with E-state index in [1.54, 1.807) is 0 Å². The molecule has 0 unspecified atom stereocenters. The Hall–Kier alpha value is -0.810. The lowest BCUT2D eigenvalue weighted by Crippen LogP contribution is -2.14. The van der Waals surface area contributed by atoms with Gasteiger partial charge < -0.3 is 5.43 Å². The number of nitrogens with one attached hydrogen (secondary N) is 1. The van der Waals surface area contributed by atoms with Gasteiger partial charge in [-0.2, -0.15) is 11.8 Å². The first-order valence-corrected chi connectivity index (χ1v) is 6.29. The van der Waals surface area contributed by atoms with Crippen molar-refractivity contribution in [3.05, 3.63) is 17.1 Å². The quantitative estimate of drug-likeness (QED) is 0.593. The number of nitrogens with zero attached hydrogens (tertiary/aromatic N) is 2. The van der Waals surface area contributed by atoms with Crippen molar-refractivity contribution < 1.29 is 0 Å². The van der Waals surface area contributed by atoms with Crippen LogP contribution >= 0.6 is 11.8 Å². The Bertz CT molecular complexity index is 327. The van der Waals surface area contributed by atoms with Crippen LogP contribution in [0.1, 0.15) is 30.9 Å². The van der Waals surface area contributed by atoms with Crippen LogP contribution in [0, 0.1) is 6.92 Å². The van der Waals surface area contributed by atoms with Crippen LogP contribution in [-0.2, 0) is 12.2 Å². The Balaban J connectivity index is 2.97. The molecule has 0 saturated carbocycles. The standard InChI is InChI=1S/C10H18N4S/c1-4-8-7(3)12-9(6-15-5-2)13-10(8)14-11/h4-6,11H2,1-3H3,(H,12,13,14). The molecule has 0 aliphatic carbocycles. The number of hydrogen-bond acceptors (Lipinski definition) is 5. The average molecular weight is 226 g/mol. The highest BCUT2D eigenvalue weighted by Gasteiger charge is 2.08. The molecule has 4 nitrogen and oxygen atoms in total. The summed E-state index contributed by atoms with van der Waals surface area (Å²) < 4.78 is 0. The minimum atomic E-state index is 0.761. The van der Waals surface area contributed by atoms with E-state index in [1.807, 2.05) is 18.7 Å². The van der Waals surface area contributed by atoms with Gasteiger partial charge in [-0.05, 0) is 19.1 Å². The maximum Gasteiger partial charge on any atom is 0.147 e. The summed E-state index contributed by atoms with van der Waals surface area (Å²) >= 11 is 1.81. The van der Waals surface area contributed by atoms with E-state index in [0.717, 1.165) is 40.8 Å². The van der Waals surface area contributed by atoms with Crippen molar-refractivity contribution in [3.63, 3.8) is 0 Å². The molecule has 0 spiro atoms. The van der Waals surface area contributed by atoms with Gasteiger partial charge in [0.15, 0.2) is 0 Å². The third kappa shape index (κ3) is 3.07. The van der Waals surface area contributed by atoms with Crippen LogP contribution in [0.25, 0.3) is 0 Å². The molecule has 0 aliphatic heterocycles. The zero-order valence-corrected chi connectivity index (χ0v) is 10.3. The van der Waals surface area contributed by atoms with Crippen molar-refractivity contribution >= 4 is 17.6 Å². The second kappa shape index (κ2) is 5.92. The molecule has 0 bridgehead atoms. The van der Waals surface area contributed by atoms with Gasteiger partial charge in [0.1, 0.15) is 11.6 Å². The zero-order chi connectivity index (χ0) is 11.3. The third-order valence-electron chi connectivity index (χ3n) is 2.19. The number of nitrogen functional groups attached to an aromatic ring is 1. The van der Waals surface area contributed by atoms with Crippen molar-refractivity contribution in [1.82, 2.24) is 9.97 Å². The van der Waals surface area contributed by atoms with Gasteiger partial charge in [-0.1, -0.05) is 13.8 Å². The van der Waals surface area contributed by atoms with Crippen molar-refractivity contribution in [2.75, 3.05) is 11.2 Å². The molecule has 5 heteroatoms. The van der Waals surface area contributed by atoms with Crippen molar-refractivity contribution in [2.24, 2.45) is 5.84 Å². The van der Waals surface area contributed by atoms with Gasteiger partial charge in [-0.3, -0.25) is 0 Å². The van der Waals surface area contributed by atoms with Gasteiger partial charge in [-0.15, -0.1) is 0 Å². The van der Waals surface area contributed by atoms with E-state index in [0.29, 0.717) is 0 Å². The van der Waals surface area contributed by atoms with Crippen LogP contribution in [0.15, 0.2) is 0 Å². The Kier molecular flexibility index (Phi) is 4.84. The second-order valence-corrected chi connectivity index (χ2v) is 4.46. The molecular formula is C10H18N4S. The maximum absolute atomic E-state index is 5.45. The van der Waals surface area contributed by atoms with Gasteiger partial charge >= 0.3 is 0 Å². The SMILES string of the molecule is CCSCc1nc(C)c(CC)c(NN)n1. The predicted molar refractivity (Wildman–Crippen MR) is 65.8 cm³/mol. The van der Waals surface area contributed by atoms with Crippen LogP contribution in [0.5, 0.6) is 0 Å². The Labute approximate surface area is 95.0 Å². The maximum atomic E-state index is 5.45. The fourth-order valence-corrected chi connectivity index (χ4v) is 1.97. The summed E-state index contributed by atoms with van der Waals surface area (Å²) in [5.74, 6) is 8.97. The molecule has 3 N–H and O–H groups in total. The van der Waals surface area contributed by atoms with Gasteiger partial charge in [0.2, 0.25) is 0 Å². The summed E-state index contributed by atoms with van der Waals surface area (Å²) in [7, 11) is 0. The smallest absolute Gasteiger partial charge is 0.147 e. The monoisotopic (exact) mass is 226 g/mol. The predicted octanol–water partition coefficient (Wildman–Crippen LogP) is 1.89. The molecule has 1 rings (SSSR count). The molecule has 0 aromatic carbocycles. The Morgan fingerprint density at radius 2 is 2.07 bits per heavy atom. The zero-order valence-electron chi connectivity index (χ0n) is 9.50. The van der Waals surface area contributed by atoms with E-state index in [2.05, 4.69) is 29.2 Å².